The van der Waals surface area contributed by atoms with E-state index < -0.39 is 0 Å². The summed E-state index contributed by atoms with van der Waals surface area (Å²) in [7, 11) is 0. The highest BCUT2D eigenvalue weighted by atomic mass is 16.2. The molecule has 0 aliphatic rings. The number of carbonyl (C=O) groups excluding carboxylic acids is 1. The highest BCUT2D eigenvalue weighted by molar-refractivity contribution is 5.94. The predicted octanol–water partition coefficient (Wildman–Crippen LogP) is 5.19. The number of rotatable bonds is 6. The molecule has 0 N–H and O–H groups in total. The van der Waals surface area contributed by atoms with Crippen LogP contribution in [0.15, 0.2) is 60.8 Å². The van der Waals surface area contributed by atoms with Crippen molar-refractivity contribution in [3.05, 3.63) is 60.8 Å². The summed E-state index contributed by atoms with van der Waals surface area (Å²) < 4.78 is 0. The zero-order valence-corrected chi connectivity index (χ0v) is 15.7. The van der Waals surface area contributed by atoms with Gasteiger partial charge in [-0.25, -0.2) is 0 Å². The minimum atomic E-state index is -0.0148. The topological polar surface area (TPSA) is 57.0 Å². The van der Waals surface area contributed by atoms with E-state index in [-0.39, 0.29) is 12.5 Å². The van der Waals surface area contributed by atoms with Gasteiger partial charge in [0.1, 0.15) is 6.54 Å². The van der Waals surface area contributed by atoms with Crippen LogP contribution < -0.4 is 4.90 Å². The van der Waals surface area contributed by atoms with Crippen molar-refractivity contribution in [3.8, 4) is 17.2 Å². The van der Waals surface area contributed by atoms with Gasteiger partial charge in [0.15, 0.2) is 0 Å². The molecule has 0 saturated heterocycles. The molecule has 27 heavy (non-hydrogen) atoms. The summed E-state index contributed by atoms with van der Waals surface area (Å²) in [6, 6.07) is 19.9. The number of hydrogen-bond donors (Lipinski definition) is 0. The average molecular weight is 357 g/mol. The Hall–Kier alpha value is -3.19. The molecule has 0 radical (unpaired) electrons. The maximum Gasteiger partial charge on any atom is 0.227 e. The van der Waals surface area contributed by atoms with Gasteiger partial charge in [0.05, 0.1) is 11.6 Å². The summed E-state index contributed by atoms with van der Waals surface area (Å²) >= 11 is 0. The van der Waals surface area contributed by atoms with Crippen LogP contribution in [0.5, 0.6) is 0 Å². The van der Waals surface area contributed by atoms with Crippen LogP contribution >= 0.6 is 0 Å². The molecule has 4 heteroatoms. The largest absolute Gasteiger partial charge is 0.299 e. The molecule has 4 nitrogen and oxygen atoms in total. The number of carbonyl (C=O) groups is 1. The minimum Gasteiger partial charge on any atom is -0.299 e. The lowest BCUT2D eigenvalue weighted by Gasteiger charge is -2.21. The lowest BCUT2D eigenvalue weighted by Crippen LogP contribution is -2.31. The van der Waals surface area contributed by atoms with E-state index in [9.17, 15) is 10.1 Å². The number of benzene rings is 2. The molecule has 136 valence electrons. The van der Waals surface area contributed by atoms with Crippen LogP contribution in [0.1, 0.15) is 26.7 Å². The van der Waals surface area contributed by atoms with Gasteiger partial charge in [-0.3, -0.25) is 14.7 Å². The molecule has 2 aromatic carbocycles. The number of anilines is 1. The number of fused-ring (bicyclic) bond motifs is 1. The zero-order valence-electron chi connectivity index (χ0n) is 15.7. The molecular weight excluding hydrogens is 334 g/mol. The lowest BCUT2D eigenvalue weighted by atomic mass is 10.0. The first-order chi connectivity index (χ1) is 13.1. The zero-order chi connectivity index (χ0) is 19.2. The van der Waals surface area contributed by atoms with E-state index >= 15 is 0 Å². The molecule has 0 unspecified atom stereocenters. The van der Waals surface area contributed by atoms with Crippen molar-refractivity contribution in [1.82, 2.24) is 4.98 Å². The van der Waals surface area contributed by atoms with E-state index in [1.165, 1.54) is 0 Å². The number of amides is 1. The van der Waals surface area contributed by atoms with E-state index in [0.29, 0.717) is 12.3 Å². The van der Waals surface area contributed by atoms with E-state index in [1.54, 1.807) is 4.90 Å². The molecule has 1 aromatic heterocycles. The van der Waals surface area contributed by atoms with Crippen LogP contribution in [0.25, 0.3) is 22.0 Å². The Bertz CT molecular complexity index is 988. The van der Waals surface area contributed by atoms with E-state index in [4.69, 9.17) is 0 Å². The maximum atomic E-state index is 12.6. The fraction of sp³-hybridized carbons (Fsp3) is 0.261. The third-order valence-corrected chi connectivity index (χ3v) is 4.55. The molecular formula is C23H23N3O. The number of nitriles is 1. The van der Waals surface area contributed by atoms with Crippen molar-refractivity contribution in [3.63, 3.8) is 0 Å². The Morgan fingerprint density at radius 2 is 1.93 bits per heavy atom. The number of hydrogen-bond acceptors (Lipinski definition) is 3. The van der Waals surface area contributed by atoms with Gasteiger partial charge >= 0.3 is 0 Å². The van der Waals surface area contributed by atoms with Crippen LogP contribution in [0.2, 0.25) is 0 Å². The number of para-hydroxylation sites is 1. The van der Waals surface area contributed by atoms with Gasteiger partial charge in [-0.2, -0.15) is 5.26 Å². The van der Waals surface area contributed by atoms with Crippen LogP contribution in [0.4, 0.5) is 5.69 Å². The van der Waals surface area contributed by atoms with Crippen LogP contribution in [-0.2, 0) is 4.79 Å². The third kappa shape index (κ3) is 4.51. The smallest absolute Gasteiger partial charge is 0.227 e. The number of nitrogens with zero attached hydrogens (tertiary/aromatic N) is 3. The SMILES string of the molecule is CC(C)CCC(=O)N(CC#N)c1cccc(-c2cnc3ccccc3c2)c1. The van der Waals surface area contributed by atoms with Gasteiger partial charge in [0, 0.05) is 29.3 Å². The number of pyridine rings is 1. The molecule has 0 saturated carbocycles. The van der Waals surface area contributed by atoms with Crippen molar-refractivity contribution in [2.45, 2.75) is 26.7 Å². The highest BCUT2D eigenvalue weighted by Crippen LogP contribution is 2.27. The third-order valence-electron chi connectivity index (χ3n) is 4.55. The van der Waals surface area contributed by atoms with Crippen molar-refractivity contribution >= 4 is 22.5 Å². The Balaban J connectivity index is 1.92. The van der Waals surface area contributed by atoms with Crippen molar-refractivity contribution in [1.29, 1.82) is 5.26 Å². The molecule has 0 fully saturated rings. The first-order valence-corrected chi connectivity index (χ1v) is 9.21. The molecule has 0 aliphatic heterocycles. The van der Waals surface area contributed by atoms with Crippen LogP contribution in [-0.4, -0.2) is 17.4 Å². The summed E-state index contributed by atoms with van der Waals surface area (Å²) in [6.45, 7) is 4.24. The fourth-order valence-electron chi connectivity index (χ4n) is 3.02. The highest BCUT2D eigenvalue weighted by Gasteiger charge is 2.16. The average Bonchev–Trinajstić information content (AvgIpc) is 2.70. The first kappa shape index (κ1) is 18.6. The monoisotopic (exact) mass is 357 g/mol. The summed E-state index contributed by atoms with van der Waals surface area (Å²) in [5.41, 5.74) is 3.66. The minimum absolute atomic E-state index is 0.0148. The van der Waals surface area contributed by atoms with Gasteiger partial charge in [0.2, 0.25) is 5.91 Å². The van der Waals surface area contributed by atoms with Gasteiger partial charge in [0.25, 0.3) is 0 Å². The van der Waals surface area contributed by atoms with Crippen LogP contribution in [0, 0.1) is 17.2 Å². The summed E-state index contributed by atoms with van der Waals surface area (Å²) in [5, 5.41) is 10.2. The molecule has 0 atom stereocenters. The molecule has 0 bridgehead atoms. The standard InChI is InChI=1S/C23H23N3O/c1-17(2)10-11-23(27)26(13-12-24)21-8-5-7-18(15-21)20-14-19-6-3-4-9-22(19)25-16-20/h3-9,14-17H,10-11,13H2,1-2H3. The van der Waals surface area contributed by atoms with Crippen molar-refractivity contribution in [2.24, 2.45) is 5.92 Å². The summed E-state index contributed by atoms with van der Waals surface area (Å²) in [4.78, 5) is 18.7. The summed E-state index contributed by atoms with van der Waals surface area (Å²) in [5.74, 6) is 0.437. The normalized spacial score (nSPS) is 10.7. The van der Waals surface area contributed by atoms with Crippen molar-refractivity contribution in [2.75, 3.05) is 11.4 Å². The van der Waals surface area contributed by atoms with E-state index in [0.717, 1.165) is 34.1 Å². The van der Waals surface area contributed by atoms with Gasteiger partial charge < -0.3 is 0 Å². The van der Waals surface area contributed by atoms with Crippen LogP contribution in [0.3, 0.4) is 0 Å². The fourth-order valence-corrected chi connectivity index (χ4v) is 3.02. The second-order valence-electron chi connectivity index (χ2n) is 7.04. The second kappa shape index (κ2) is 8.46. The van der Waals surface area contributed by atoms with Gasteiger partial charge in [-0.1, -0.05) is 44.2 Å². The lowest BCUT2D eigenvalue weighted by molar-refractivity contribution is -0.118. The first-order valence-electron chi connectivity index (χ1n) is 9.21. The maximum absolute atomic E-state index is 12.6. The Labute approximate surface area is 160 Å². The quantitative estimate of drug-likeness (QED) is 0.570. The summed E-state index contributed by atoms with van der Waals surface area (Å²) in [6.07, 6.45) is 3.10. The molecule has 0 aliphatic carbocycles. The van der Waals surface area contributed by atoms with Crippen molar-refractivity contribution < 1.29 is 4.79 Å². The van der Waals surface area contributed by atoms with E-state index in [1.807, 2.05) is 54.7 Å². The Kier molecular flexibility index (Phi) is 5.83. The predicted molar refractivity (Wildman–Crippen MR) is 109 cm³/mol. The molecule has 1 heterocycles. The molecule has 3 rings (SSSR count). The molecule has 0 spiro atoms. The molecule has 3 aromatic rings. The van der Waals surface area contributed by atoms with E-state index in [2.05, 4.69) is 31.0 Å². The second-order valence-corrected chi connectivity index (χ2v) is 7.04. The van der Waals surface area contributed by atoms with Gasteiger partial charge in [-0.15, -0.1) is 0 Å². The Morgan fingerprint density at radius 1 is 1.11 bits per heavy atom. The van der Waals surface area contributed by atoms with Gasteiger partial charge in [-0.05, 0) is 42.2 Å². The Morgan fingerprint density at radius 3 is 2.70 bits per heavy atom. The molecule has 1 amide bonds. The number of aromatic nitrogens is 1.